The van der Waals surface area contributed by atoms with Crippen molar-refractivity contribution < 1.29 is 50.0 Å². The van der Waals surface area contributed by atoms with Gasteiger partial charge in [-0.05, 0) is 17.7 Å². The Labute approximate surface area is 149 Å². The molecule has 7 N–H and O–H groups in total. The minimum atomic E-state index is -1.59. The van der Waals surface area contributed by atoms with Gasteiger partial charge >= 0.3 is 0 Å². The third-order valence-electron chi connectivity index (χ3n) is 4.17. The van der Waals surface area contributed by atoms with Gasteiger partial charge in [-0.25, -0.2) is 0 Å². The van der Waals surface area contributed by atoms with E-state index in [2.05, 4.69) is 0 Å². The van der Waals surface area contributed by atoms with Crippen molar-refractivity contribution in [1.82, 2.24) is 0 Å². The quantitative estimate of drug-likeness (QED) is 0.265. The smallest absolute Gasteiger partial charge is 0.229 e. The summed E-state index contributed by atoms with van der Waals surface area (Å²) in [6, 6.07) is 4.15. The van der Waals surface area contributed by atoms with Crippen molar-refractivity contribution >= 4 is 0 Å². The number of ether oxygens (including phenoxy) is 3. The Balaban J connectivity index is 2.20. The predicted molar refractivity (Wildman–Crippen MR) is 85.4 cm³/mol. The maximum absolute atomic E-state index is 10.0. The topological polar surface area (TPSA) is 169 Å². The second-order valence-electron chi connectivity index (χ2n) is 5.92. The van der Waals surface area contributed by atoms with Crippen molar-refractivity contribution in [3.05, 3.63) is 23.8 Å². The fraction of sp³-hybridized carbons (Fsp3) is 0.625. The molecule has 1 fully saturated rings. The molecule has 26 heavy (non-hydrogen) atoms. The molecule has 0 unspecified atom stereocenters. The molecule has 1 saturated heterocycles. The lowest BCUT2D eigenvalue weighted by molar-refractivity contribution is -0.277. The van der Waals surface area contributed by atoms with E-state index in [9.17, 15) is 30.6 Å². The largest absolute Gasteiger partial charge is 0.493 e. The van der Waals surface area contributed by atoms with Crippen molar-refractivity contribution in [2.24, 2.45) is 0 Å². The third-order valence-corrected chi connectivity index (χ3v) is 4.17. The van der Waals surface area contributed by atoms with Crippen LogP contribution in [0.3, 0.4) is 0 Å². The van der Waals surface area contributed by atoms with Crippen molar-refractivity contribution in [3.63, 3.8) is 0 Å². The molecule has 148 valence electrons. The van der Waals surface area contributed by atoms with Gasteiger partial charge < -0.3 is 50.0 Å². The van der Waals surface area contributed by atoms with E-state index in [0.717, 1.165) is 0 Å². The van der Waals surface area contributed by atoms with Gasteiger partial charge in [0.1, 0.15) is 36.6 Å². The average molecular weight is 376 g/mol. The van der Waals surface area contributed by atoms with Gasteiger partial charge in [-0.1, -0.05) is 6.07 Å². The first-order valence-corrected chi connectivity index (χ1v) is 7.96. The van der Waals surface area contributed by atoms with Crippen LogP contribution < -0.4 is 9.47 Å². The molecule has 0 radical (unpaired) electrons. The highest BCUT2D eigenvalue weighted by Crippen LogP contribution is 2.34. The Morgan fingerprint density at radius 3 is 2.31 bits per heavy atom. The highest BCUT2D eigenvalue weighted by molar-refractivity contribution is 5.44. The summed E-state index contributed by atoms with van der Waals surface area (Å²) in [6.07, 6.45) is -9.92. The molecule has 10 nitrogen and oxygen atoms in total. The van der Waals surface area contributed by atoms with E-state index in [4.69, 9.17) is 19.3 Å². The van der Waals surface area contributed by atoms with E-state index in [1.54, 1.807) is 0 Å². The molecular weight excluding hydrogens is 352 g/mol. The zero-order valence-electron chi connectivity index (χ0n) is 14.0. The average Bonchev–Trinajstić information content (AvgIpc) is 2.67. The summed E-state index contributed by atoms with van der Waals surface area (Å²) in [6.45, 7) is -1.22. The molecular formula is C16H24O10. The summed E-state index contributed by atoms with van der Waals surface area (Å²) >= 11 is 0. The number of aliphatic hydroxyl groups is 7. The highest BCUT2D eigenvalue weighted by Gasteiger charge is 2.45. The Morgan fingerprint density at radius 1 is 1.04 bits per heavy atom. The summed E-state index contributed by atoms with van der Waals surface area (Å²) in [5.74, 6) is 0.218. The third kappa shape index (κ3) is 4.24. The summed E-state index contributed by atoms with van der Waals surface area (Å²) < 4.78 is 15.9. The summed E-state index contributed by atoms with van der Waals surface area (Å²) in [5.41, 5.74) is 0.254. The summed E-state index contributed by atoms with van der Waals surface area (Å²) in [5, 5.41) is 67.1. The van der Waals surface area contributed by atoms with Crippen LogP contribution in [0.1, 0.15) is 11.7 Å². The van der Waals surface area contributed by atoms with Gasteiger partial charge in [0, 0.05) is 0 Å². The van der Waals surface area contributed by atoms with E-state index in [-0.39, 0.29) is 17.1 Å². The number of rotatable bonds is 7. The fourth-order valence-corrected chi connectivity index (χ4v) is 2.58. The van der Waals surface area contributed by atoms with Gasteiger partial charge in [-0.2, -0.15) is 0 Å². The molecule has 10 heteroatoms. The first-order valence-electron chi connectivity index (χ1n) is 7.96. The standard InChI is InChI=1S/C16H24O10/c1-24-10-4-7(12(20)8(19)5-17)2-3-9(10)25-16-15(23)14(22)13(21)11(6-18)26-16/h2-4,8,11-23H,5-6H2,1H3/t8-,11+,12-,13+,14-,15+,16+/m0/s1. The Kier molecular flexibility index (Phi) is 7.15. The summed E-state index contributed by atoms with van der Waals surface area (Å²) in [7, 11) is 1.33. The second kappa shape index (κ2) is 8.93. The van der Waals surface area contributed by atoms with Crippen LogP contribution in [0.25, 0.3) is 0 Å². The van der Waals surface area contributed by atoms with E-state index in [0.29, 0.717) is 0 Å². The molecule has 1 aliphatic heterocycles. The lowest BCUT2D eigenvalue weighted by Gasteiger charge is -2.39. The monoisotopic (exact) mass is 376 g/mol. The van der Waals surface area contributed by atoms with Crippen LogP contribution in [0.2, 0.25) is 0 Å². The molecule has 0 aliphatic carbocycles. The van der Waals surface area contributed by atoms with Crippen LogP contribution in [0, 0.1) is 0 Å². The number of aliphatic hydroxyl groups excluding tert-OH is 7. The van der Waals surface area contributed by atoms with Gasteiger partial charge in [-0.15, -0.1) is 0 Å². The number of hydrogen-bond acceptors (Lipinski definition) is 10. The van der Waals surface area contributed by atoms with E-state index in [1.165, 1.54) is 25.3 Å². The molecule has 0 amide bonds. The van der Waals surface area contributed by atoms with Gasteiger partial charge in [-0.3, -0.25) is 0 Å². The molecule has 2 rings (SSSR count). The van der Waals surface area contributed by atoms with Crippen molar-refractivity contribution in [2.45, 2.75) is 42.9 Å². The molecule has 1 heterocycles. The zero-order chi connectivity index (χ0) is 19.4. The first kappa shape index (κ1) is 20.8. The van der Waals surface area contributed by atoms with Crippen molar-refractivity contribution in [1.29, 1.82) is 0 Å². The Bertz CT molecular complexity index is 580. The van der Waals surface area contributed by atoms with Crippen LogP contribution >= 0.6 is 0 Å². The van der Waals surface area contributed by atoms with Crippen molar-refractivity contribution in [2.75, 3.05) is 20.3 Å². The second-order valence-corrected chi connectivity index (χ2v) is 5.92. The van der Waals surface area contributed by atoms with E-state index >= 15 is 0 Å². The molecule has 7 atom stereocenters. The van der Waals surface area contributed by atoms with Crippen LogP contribution in [0.4, 0.5) is 0 Å². The normalized spacial score (nSPS) is 31.3. The molecule has 1 aromatic rings. The first-order chi connectivity index (χ1) is 12.3. The van der Waals surface area contributed by atoms with Crippen LogP contribution in [-0.2, 0) is 4.74 Å². The fourth-order valence-electron chi connectivity index (χ4n) is 2.58. The molecule has 1 aliphatic rings. The Hall–Kier alpha value is -1.50. The lowest BCUT2D eigenvalue weighted by atomic mass is 9.99. The van der Waals surface area contributed by atoms with Crippen molar-refractivity contribution in [3.8, 4) is 11.5 Å². The van der Waals surface area contributed by atoms with Crippen LogP contribution in [0.15, 0.2) is 18.2 Å². The van der Waals surface area contributed by atoms with Gasteiger partial charge in [0.25, 0.3) is 0 Å². The number of methoxy groups -OCH3 is 1. The molecule has 0 aromatic heterocycles. The van der Waals surface area contributed by atoms with Gasteiger partial charge in [0.15, 0.2) is 11.5 Å². The van der Waals surface area contributed by atoms with Gasteiger partial charge in [0.05, 0.1) is 20.3 Å². The maximum Gasteiger partial charge on any atom is 0.229 e. The Morgan fingerprint density at radius 2 is 1.73 bits per heavy atom. The molecule has 1 aromatic carbocycles. The minimum Gasteiger partial charge on any atom is -0.493 e. The van der Waals surface area contributed by atoms with Gasteiger partial charge in [0.2, 0.25) is 6.29 Å². The zero-order valence-corrected chi connectivity index (χ0v) is 14.0. The van der Waals surface area contributed by atoms with E-state index < -0.39 is 56.1 Å². The highest BCUT2D eigenvalue weighted by atomic mass is 16.7. The minimum absolute atomic E-state index is 0.0891. The SMILES string of the molecule is COc1cc([C@H](O)[C@@H](O)CO)ccc1O[C@@H]1O[C@H](CO)[C@@H](O)[C@H](O)[C@H]1O. The predicted octanol–water partition coefficient (Wildman–Crippen LogP) is -2.74. The summed E-state index contributed by atoms with van der Waals surface area (Å²) in [4.78, 5) is 0. The van der Waals surface area contributed by atoms with Crippen LogP contribution in [-0.4, -0.2) is 92.9 Å². The van der Waals surface area contributed by atoms with E-state index in [1.807, 2.05) is 0 Å². The number of hydrogen-bond donors (Lipinski definition) is 7. The lowest BCUT2D eigenvalue weighted by Crippen LogP contribution is -2.60. The van der Waals surface area contributed by atoms with Crippen LogP contribution in [0.5, 0.6) is 11.5 Å². The number of benzene rings is 1. The molecule has 0 bridgehead atoms. The molecule has 0 saturated carbocycles. The maximum atomic E-state index is 10.0. The molecule has 0 spiro atoms.